The maximum atomic E-state index is 12.7. The van der Waals surface area contributed by atoms with E-state index in [1.165, 1.54) is 29.8 Å². The molecular weight excluding hydrogens is 406 g/mol. The fraction of sp³-hybridized carbons (Fsp3) is 0.0870. The second-order valence-electron chi connectivity index (χ2n) is 6.66. The first-order valence-electron chi connectivity index (χ1n) is 8.90. The molecule has 0 aliphatic rings. The summed E-state index contributed by atoms with van der Waals surface area (Å²) < 4.78 is 5.48. The van der Waals surface area contributed by atoms with E-state index >= 15 is 0 Å². The summed E-state index contributed by atoms with van der Waals surface area (Å²) in [5.74, 6) is -0.205. The maximum Gasteiger partial charge on any atom is 0.199 e. The van der Waals surface area contributed by atoms with E-state index in [0.717, 1.165) is 16.1 Å². The zero-order valence-electron chi connectivity index (χ0n) is 15.7. The van der Waals surface area contributed by atoms with Crippen molar-refractivity contribution in [1.82, 2.24) is 4.98 Å². The maximum absolute atomic E-state index is 12.7. The molecule has 2 heterocycles. The van der Waals surface area contributed by atoms with E-state index in [1.54, 1.807) is 18.2 Å². The molecule has 0 fully saturated rings. The molecule has 0 amide bonds. The summed E-state index contributed by atoms with van der Waals surface area (Å²) >= 11 is 7.31. The molecule has 0 N–H and O–H groups in total. The van der Waals surface area contributed by atoms with Crippen LogP contribution >= 0.6 is 22.9 Å². The van der Waals surface area contributed by atoms with Crippen molar-refractivity contribution in [3.63, 3.8) is 0 Å². The van der Waals surface area contributed by atoms with Gasteiger partial charge in [-0.3, -0.25) is 9.59 Å². The Kier molecular flexibility index (Phi) is 5.18. The molecule has 144 valence electrons. The van der Waals surface area contributed by atoms with Gasteiger partial charge in [-0.25, -0.2) is 4.98 Å². The highest BCUT2D eigenvalue weighted by atomic mass is 35.5. The van der Waals surface area contributed by atoms with Crippen molar-refractivity contribution in [2.75, 3.05) is 0 Å². The number of carbonyl (C=O) groups is 1. The molecule has 0 radical (unpaired) electrons. The van der Waals surface area contributed by atoms with Crippen LogP contribution in [0.25, 0.3) is 27.6 Å². The lowest BCUT2D eigenvalue weighted by atomic mass is 10.1. The van der Waals surface area contributed by atoms with E-state index in [4.69, 9.17) is 16.0 Å². The molecule has 0 bridgehead atoms. The topological polar surface area (TPSA) is 60.2 Å². The van der Waals surface area contributed by atoms with E-state index in [9.17, 15) is 9.59 Å². The molecule has 29 heavy (non-hydrogen) atoms. The molecule has 0 unspecified atom stereocenters. The molecule has 0 saturated carbocycles. The summed E-state index contributed by atoms with van der Waals surface area (Å²) in [4.78, 5) is 30.4. The number of thiazole rings is 1. The molecule has 2 aromatic heterocycles. The number of benzene rings is 2. The molecule has 2 aromatic carbocycles. The number of nitrogens with zero attached hydrogens (tertiary/aromatic N) is 1. The van der Waals surface area contributed by atoms with Crippen LogP contribution < -0.4 is 5.43 Å². The molecule has 4 aromatic rings. The summed E-state index contributed by atoms with van der Waals surface area (Å²) in [5.41, 5.74) is 3.30. The molecule has 0 saturated heterocycles. The Hall–Kier alpha value is -3.02. The second kappa shape index (κ2) is 7.78. The van der Waals surface area contributed by atoms with Crippen LogP contribution in [-0.4, -0.2) is 10.8 Å². The molecule has 4 nitrogen and oxygen atoms in total. The van der Waals surface area contributed by atoms with Crippen molar-refractivity contribution in [3.05, 3.63) is 91.7 Å². The van der Waals surface area contributed by atoms with Gasteiger partial charge in [-0.05, 0) is 44.2 Å². The first-order chi connectivity index (χ1) is 13.9. The normalized spacial score (nSPS) is 11.4. The van der Waals surface area contributed by atoms with E-state index < -0.39 is 0 Å². The van der Waals surface area contributed by atoms with Gasteiger partial charge in [0.15, 0.2) is 11.2 Å². The minimum Gasteiger partial charge on any atom is -0.463 e. The van der Waals surface area contributed by atoms with Gasteiger partial charge in [0.05, 0.1) is 21.5 Å². The van der Waals surface area contributed by atoms with Gasteiger partial charge >= 0.3 is 0 Å². The predicted octanol–water partition coefficient (Wildman–Crippen LogP) is 6.08. The van der Waals surface area contributed by atoms with Crippen LogP contribution in [0.5, 0.6) is 0 Å². The average molecular weight is 422 g/mol. The number of aryl methyl sites for hydroxylation is 2. The second-order valence-corrected chi connectivity index (χ2v) is 8.09. The van der Waals surface area contributed by atoms with E-state index in [0.29, 0.717) is 26.6 Å². The molecule has 0 aliphatic carbocycles. The number of ketones is 1. The minimum atomic E-state index is -0.237. The quantitative estimate of drug-likeness (QED) is 0.296. The van der Waals surface area contributed by atoms with Crippen LogP contribution in [0.4, 0.5) is 0 Å². The summed E-state index contributed by atoms with van der Waals surface area (Å²) in [6.07, 6.45) is 4.20. The first kappa shape index (κ1) is 19.3. The Morgan fingerprint density at radius 1 is 1.14 bits per heavy atom. The van der Waals surface area contributed by atoms with Crippen LogP contribution in [0.1, 0.15) is 26.5 Å². The molecule has 0 aliphatic heterocycles. The fourth-order valence-electron chi connectivity index (χ4n) is 2.92. The minimum absolute atomic E-state index is 0.205. The summed E-state index contributed by atoms with van der Waals surface area (Å²) in [6, 6.07) is 12.9. The van der Waals surface area contributed by atoms with Crippen molar-refractivity contribution >= 4 is 45.8 Å². The number of aromatic nitrogens is 1. The van der Waals surface area contributed by atoms with Crippen LogP contribution in [-0.2, 0) is 0 Å². The standard InChI is InChI=1S/C23H16ClNO3S/c1-13-3-5-15(6-4-13)23-25-14(2)22(29-23)19(26)9-7-16-12-28-20-10-8-17(24)11-18(20)21(16)27/h3-12H,1-2H3/b9-7+. The highest BCUT2D eigenvalue weighted by Gasteiger charge is 2.15. The van der Waals surface area contributed by atoms with Gasteiger partial charge in [-0.1, -0.05) is 41.4 Å². The van der Waals surface area contributed by atoms with Gasteiger partial charge in [0, 0.05) is 10.6 Å². The number of hydrogen-bond acceptors (Lipinski definition) is 5. The van der Waals surface area contributed by atoms with Gasteiger partial charge in [0.1, 0.15) is 16.9 Å². The van der Waals surface area contributed by atoms with Gasteiger partial charge in [-0.2, -0.15) is 0 Å². The van der Waals surface area contributed by atoms with Crippen LogP contribution in [0.15, 0.2) is 64.0 Å². The molecule has 4 rings (SSSR count). The molecule has 0 spiro atoms. The van der Waals surface area contributed by atoms with Crippen molar-refractivity contribution in [1.29, 1.82) is 0 Å². The molecule has 6 heteroatoms. The van der Waals surface area contributed by atoms with Crippen molar-refractivity contribution in [3.8, 4) is 10.6 Å². The molecule has 0 atom stereocenters. The Morgan fingerprint density at radius 3 is 2.66 bits per heavy atom. The number of halogens is 1. The van der Waals surface area contributed by atoms with Crippen molar-refractivity contribution < 1.29 is 9.21 Å². The fourth-order valence-corrected chi connectivity index (χ4v) is 4.08. The van der Waals surface area contributed by atoms with Gasteiger partial charge < -0.3 is 4.42 Å². The third-order valence-electron chi connectivity index (χ3n) is 4.49. The zero-order valence-corrected chi connectivity index (χ0v) is 17.3. The van der Waals surface area contributed by atoms with E-state index in [2.05, 4.69) is 4.98 Å². The number of fused-ring (bicyclic) bond motifs is 1. The SMILES string of the molecule is Cc1ccc(-c2nc(C)c(C(=O)/C=C/c3coc4ccc(Cl)cc4c3=O)s2)cc1. The number of carbonyl (C=O) groups excluding carboxylic acids is 1. The van der Waals surface area contributed by atoms with Crippen LogP contribution in [0.2, 0.25) is 5.02 Å². The van der Waals surface area contributed by atoms with Crippen LogP contribution in [0, 0.1) is 13.8 Å². The van der Waals surface area contributed by atoms with Crippen LogP contribution in [0.3, 0.4) is 0 Å². The summed E-state index contributed by atoms with van der Waals surface area (Å²) in [5, 5.41) is 1.62. The predicted molar refractivity (Wildman–Crippen MR) is 118 cm³/mol. The smallest absolute Gasteiger partial charge is 0.199 e. The highest BCUT2D eigenvalue weighted by molar-refractivity contribution is 7.17. The Labute approximate surface area is 176 Å². The Balaban J connectivity index is 1.64. The lowest BCUT2D eigenvalue weighted by Crippen LogP contribution is -2.05. The van der Waals surface area contributed by atoms with Crippen molar-refractivity contribution in [2.24, 2.45) is 0 Å². The third-order valence-corrected chi connectivity index (χ3v) is 5.95. The lowest BCUT2D eigenvalue weighted by Gasteiger charge is -1.99. The van der Waals surface area contributed by atoms with E-state index in [-0.39, 0.29) is 16.8 Å². The highest BCUT2D eigenvalue weighted by Crippen LogP contribution is 2.28. The lowest BCUT2D eigenvalue weighted by molar-refractivity contribution is 0.105. The van der Waals surface area contributed by atoms with E-state index in [1.807, 2.05) is 38.1 Å². The van der Waals surface area contributed by atoms with Gasteiger partial charge in [-0.15, -0.1) is 11.3 Å². The zero-order chi connectivity index (χ0) is 20.5. The number of rotatable bonds is 4. The Bertz CT molecular complexity index is 1320. The number of allylic oxidation sites excluding steroid dienone is 1. The number of hydrogen-bond donors (Lipinski definition) is 0. The van der Waals surface area contributed by atoms with Gasteiger partial charge in [0.2, 0.25) is 0 Å². The first-order valence-corrected chi connectivity index (χ1v) is 10.1. The van der Waals surface area contributed by atoms with Gasteiger partial charge in [0.25, 0.3) is 0 Å². The van der Waals surface area contributed by atoms with Crippen molar-refractivity contribution in [2.45, 2.75) is 13.8 Å². The average Bonchev–Trinajstić information content (AvgIpc) is 3.10. The molecular formula is C23H16ClNO3S. The largest absolute Gasteiger partial charge is 0.463 e. The monoisotopic (exact) mass is 421 g/mol. The third kappa shape index (κ3) is 3.92. The Morgan fingerprint density at radius 2 is 1.90 bits per heavy atom. The summed E-state index contributed by atoms with van der Waals surface area (Å²) in [7, 11) is 0. The summed E-state index contributed by atoms with van der Waals surface area (Å²) in [6.45, 7) is 3.83.